The quantitative estimate of drug-likeness (QED) is 0.172. The lowest BCUT2D eigenvalue weighted by molar-refractivity contribution is 1.18. The van der Waals surface area contributed by atoms with Crippen LogP contribution in [0.5, 0.6) is 0 Å². The van der Waals surface area contributed by atoms with E-state index in [1.165, 1.54) is 80.2 Å². The molecule has 0 saturated carbocycles. The molecule has 0 radical (unpaired) electrons. The number of anilines is 3. The first-order chi connectivity index (χ1) is 27.8. The Labute approximate surface area is 327 Å². The minimum atomic E-state index is 1.10. The summed E-state index contributed by atoms with van der Waals surface area (Å²) in [5.74, 6) is 0. The van der Waals surface area contributed by atoms with E-state index in [2.05, 4.69) is 214 Å². The summed E-state index contributed by atoms with van der Waals surface area (Å²) >= 11 is 1.86. The fourth-order valence-electron chi connectivity index (χ4n) is 9.08. The predicted molar refractivity (Wildman–Crippen MR) is 240 cm³/mol. The Morgan fingerprint density at radius 2 is 0.964 bits per heavy atom. The van der Waals surface area contributed by atoms with Gasteiger partial charge in [-0.3, -0.25) is 0 Å². The summed E-state index contributed by atoms with van der Waals surface area (Å²) in [7, 11) is 0. The van der Waals surface area contributed by atoms with Crippen LogP contribution in [0.4, 0.5) is 17.1 Å². The van der Waals surface area contributed by atoms with Crippen molar-refractivity contribution in [3.05, 3.63) is 200 Å². The zero-order chi connectivity index (χ0) is 36.7. The Morgan fingerprint density at radius 1 is 0.357 bits per heavy atom. The average molecular weight is 732 g/mol. The van der Waals surface area contributed by atoms with Gasteiger partial charge in [0.25, 0.3) is 0 Å². The van der Waals surface area contributed by atoms with Gasteiger partial charge in [-0.05, 0) is 84.2 Å². The minimum Gasteiger partial charge on any atom is -0.310 e. The van der Waals surface area contributed by atoms with Gasteiger partial charge in [0, 0.05) is 64.2 Å². The maximum absolute atomic E-state index is 2.49. The Kier molecular flexibility index (Phi) is 6.80. The molecule has 56 heavy (non-hydrogen) atoms. The number of thiophene rings is 1. The summed E-state index contributed by atoms with van der Waals surface area (Å²) in [6.45, 7) is 0. The van der Waals surface area contributed by atoms with E-state index in [0.717, 1.165) is 22.7 Å². The third-order valence-corrected chi connectivity index (χ3v) is 12.6. The summed E-state index contributed by atoms with van der Waals surface area (Å²) < 4.78 is 7.47. The van der Waals surface area contributed by atoms with Crippen LogP contribution in [0.3, 0.4) is 0 Å². The monoisotopic (exact) mass is 731 g/mol. The molecule has 12 aromatic rings. The highest BCUT2D eigenvalue weighted by Crippen LogP contribution is 2.47. The Hall–Kier alpha value is -7.14. The van der Waals surface area contributed by atoms with Crippen LogP contribution < -0.4 is 4.90 Å². The molecule has 0 amide bonds. The second kappa shape index (κ2) is 12.2. The lowest BCUT2D eigenvalue weighted by Crippen LogP contribution is -2.10. The highest BCUT2D eigenvalue weighted by molar-refractivity contribution is 7.25. The standard InChI is InChI=1S/C52H33N3S/c1-2-16-35(17-3-1)54-46-23-10-7-21-42(46)52-47(25-13-26-48(52)54)53(36-29-31-51-43(32-36)41-20-8-11-27-50(41)56-51)37-28-30-40-39-19-6-9-22-45(39)55(49(40)33-37)44-24-12-15-34-14-4-5-18-38(34)44/h1-33H. The first-order valence-corrected chi connectivity index (χ1v) is 19.9. The van der Waals surface area contributed by atoms with Crippen molar-refractivity contribution in [1.82, 2.24) is 9.13 Å². The van der Waals surface area contributed by atoms with E-state index < -0.39 is 0 Å². The van der Waals surface area contributed by atoms with Crippen LogP contribution in [0.25, 0.3) is 85.9 Å². The Balaban J connectivity index is 1.19. The molecule has 0 spiro atoms. The van der Waals surface area contributed by atoms with E-state index in [9.17, 15) is 0 Å². The number of fused-ring (bicyclic) bond motifs is 10. The summed E-state index contributed by atoms with van der Waals surface area (Å²) in [4.78, 5) is 2.49. The van der Waals surface area contributed by atoms with E-state index >= 15 is 0 Å². The number of nitrogens with zero attached hydrogens (tertiary/aromatic N) is 3. The summed E-state index contributed by atoms with van der Waals surface area (Å²) in [6.07, 6.45) is 0. The fraction of sp³-hybridized carbons (Fsp3) is 0. The molecule has 0 saturated heterocycles. The summed E-state index contributed by atoms with van der Waals surface area (Å²) in [6, 6.07) is 73.3. The predicted octanol–water partition coefficient (Wildman–Crippen LogP) is 14.9. The molecule has 0 N–H and O–H groups in total. The van der Waals surface area contributed by atoms with Crippen LogP contribution in [0.1, 0.15) is 0 Å². The van der Waals surface area contributed by atoms with Gasteiger partial charge >= 0.3 is 0 Å². The van der Waals surface area contributed by atoms with Gasteiger partial charge in [-0.15, -0.1) is 11.3 Å². The zero-order valence-electron chi connectivity index (χ0n) is 30.3. The number of aromatic nitrogens is 2. The summed E-state index contributed by atoms with van der Waals surface area (Å²) in [5, 5.41) is 9.94. The molecule has 0 aliphatic rings. The first kappa shape index (κ1) is 31.2. The van der Waals surface area contributed by atoms with Gasteiger partial charge in [0.15, 0.2) is 0 Å². The van der Waals surface area contributed by atoms with E-state index in [4.69, 9.17) is 0 Å². The van der Waals surface area contributed by atoms with Crippen molar-refractivity contribution in [3.8, 4) is 11.4 Å². The molecule has 0 fully saturated rings. The smallest absolute Gasteiger partial charge is 0.0562 e. The van der Waals surface area contributed by atoms with Crippen LogP contribution in [0.15, 0.2) is 200 Å². The van der Waals surface area contributed by atoms with Crippen molar-refractivity contribution in [3.63, 3.8) is 0 Å². The molecule has 0 aliphatic heterocycles. The fourth-order valence-corrected chi connectivity index (χ4v) is 10.2. The van der Waals surface area contributed by atoms with Gasteiger partial charge in [-0.2, -0.15) is 0 Å². The SMILES string of the molecule is c1ccc(-n2c3ccccc3c3c(N(c4ccc5sc6ccccc6c5c4)c4ccc5c6ccccc6n(-c6cccc7ccccc67)c5c4)cccc32)cc1. The second-order valence-corrected chi connectivity index (χ2v) is 15.6. The molecule has 3 aromatic heterocycles. The van der Waals surface area contributed by atoms with Gasteiger partial charge in [-0.25, -0.2) is 0 Å². The van der Waals surface area contributed by atoms with Gasteiger partial charge in [0.1, 0.15) is 0 Å². The van der Waals surface area contributed by atoms with Crippen LogP contribution in [0.2, 0.25) is 0 Å². The molecule has 3 nitrogen and oxygen atoms in total. The topological polar surface area (TPSA) is 13.1 Å². The third-order valence-electron chi connectivity index (χ3n) is 11.5. The van der Waals surface area contributed by atoms with Crippen molar-refractivity contribution in [2.24, 2.45) is 0 Å². The van der Waals surface area contributed by atoms with Crippen LogP contribution >= 0.6 is 11.3 Å². The largest absolute Gasteiger partial charge is 0.310 e. The van der Waals surface area contributed by atoms with E-state index in [0.29, 0.717) is 0 Å². The van der Waals surface area contributed by atoms with Crippen molar-refractivity contribution in [2.75, 3.05) is 4.90 Å². The van der Waals surface area contributed by atoms with Crippen molar-refractivity contribution < 1.29 is 0 Å². The molecular formula is C52H33N3S. The van der Waals surface area contributed by atoms with Gasteiger partial charge < -0.3 is 14.0 Å². The number of hydrogen-bond donors (Lipinski definition) is 0. The zero-order valence-corrected chi connectivity index (χ0v) is 31.1. The normalized spacial score (nSPS) is 11.9. The molecule has 0 bridgehead atoms. The van der Waals surface area contributed by atoms with E-state index in [-0.39, 0.29) is 0 Å². The van der Waals surface area contributed by atoms with E-state index in [1.807, 2.05) is 11.3 Å². The molecule has 262 valence electrons. The van der Waals surface area contributed by atoms with Crippen LogP contribution in [0, 0.1) is 0 Å². The van der Waals surface area contributed by atoms with Crippen LogP contribution in [-0.4, -0.2) is 9.13 Å². The van der Waals surface area contributed by atoms with Gasteiger partial charge in [0.2, 0.25) is 0 Å². The highest BCUT2D eigenvalue weighted by Gasteiger charge is 2.23. The van der Waals surface area contributed by atoms with Crippen molar-refractivity contribution in [2.45, 2.75) is 0 Å². The minimum absolute atomic E-state index is 1.10. The van der Waals surface area contributed by atoms with E-state index in [1.54, 1.807) is 0 Å². The highest BCUT2D eigenvalue weighted by atomic mass is 32.1. The Bertz CT molecular complexity index is 3490. The van der Waals surface area contributed by atoms with Crippen molar-refractivity contribution in [1.29, 1.82) is 0 Å². The Morgan fingerprint density at radius 3 is 1.84 bits per heavy atom. The molecule has 0 aliphatic carbocycles. The van der Waals surface area contributed by atoms with Gasteiger partial charge in [0.05, 0.1) is 33.4 Å². The van der Waals surface area contributed by atoms with Crippen LogP contribution in [-0.2, 0) is 0 Å². The van der Waals surface area contributed by atoms with Gasteiger partial charge in [-0.1, -0.05) is 121 Å². The maximum Gasteiger partial charge on any atom is 0.0562 e. The summed E-state index contributed by atoms with van der Waals surface area (Å²) in [5.41, 5.74) is 10.4. The number of para-hydroxylation sites is 3. The van der Waals surface area contributed by atoms with Crippen molar-refractivity contribution >= 4 is 103 Å². The lowest BCUT2D eigenvalue weighted by Gasteiger charge is -2.27. The third kappa shape index (κ3) is 4.57. The molecular weight excluding hydrogens is 699 g/mol. The average Bonchev–Trinajstić information content (AvgIpc) is 3.91. The number of benzene rings is 9. The maximum atomic E-state index is 2.49. The molecule has 0 atom stereocenters. The molecule has 9 aromatic carbocycles. The second-order valence-electron chi connectivity index (χ2n) is 14.5. The number of rotatable bonds is 5. The first-order valence-electron chi connectivity index (χ1n) is 19.1. The molecule has 12 rings (SSSR count). The molecule has 3 heterocycles. The lowest BCUT2D eigenvalue weighted by atomic mass is 10.1. The number of hydrogen-bond acceptors (Lipinski definition) is 2. The molecule has 4 heteroatoms. The molecule has 0 unspecified atom stereocenters.